The summed E-state index contributed by atoms with van der Waals surface area (Å²) < 4.78 is 16.6. The van der Waals surface area contributed by atoms with Crippen LogP contribution in [0.4, 0.5) is 28.1 Å². The Labute approximate surface area is 263 Å². The Morgan fingerprint density at radius 2 is 1.74 bits per heavy atom. The van der Waals surface area contributed by atoms with Crippen LogP contribution in [-0.2, 0) is 42.2 Å². The summed E-state index contributed by atoms with van der Waals surface area (Å²) in [5.74, 6) is 0.255. The quantitative estimate of drug-likeness (QED) is 0.123. The van der Waals surface area contributed by atoms with Gasteiger partial charge in [0.05, 0.1) is 44.1 Å². The number of azo groups is 1. The van der Waals surface area contributed by atoms with E-state index in [2.05, 4.69) is 54.6 Å². The number of nitrogens with zero attached hydrogens (tertiary/aromatic N) is 7. The van der Waals surface area contributed by atoms with Crippen molar-refractivity contribution in [3.8, 4) is 6.01 Å². The molecule has 0 unspecified atom stereocenters. The molecule has 0 saturated carbocycles. The van der Waals surface area contributed by atoms with Crippen LogP contribution in [0, 0.1) is 6.33 Å². The molecular weight excluding hydrogens is 616 g/mol. The third-order valence-electron chi connectivity index (χ3n) is 4.99. The van der Waals surface area contributed by atoms with E-state index in [0.29, 0.717) is 47.8 Å². The van der Waals surface area contributed by atoms with E-state index in [0.717, 1.165) is 15.9 Å². The van der Waals surface area contributed by atoms with Gasteiger partial charge in [-0.2, -0.15) is 0 Å². The number of hydrogen-bond acceptors (Lipinski definition) is 12. The fourth-order valence-corrected chi connectivity index (χ4v) is 4.29. The number of rotatable bonds is 12. The van der Waals surface area contributed by atoms with Crippen LogP contribution in [0.2, 0.25) is 11.8 Å². The number of fused-ring (bicyclic) bond motifs is 1. The molecule has 0 atom stereocenters. The van der Waals surface area contributed by atoms with Crippen LogP contribution in [0.25, 0.3) is 10.2 Å². The van der Waals surface area contributed by atoms with Gasteiger partial charge in [0.15, 0.2) is 0 Å². The smallest absolute Gasteiger partial charge is 0.231 e. The molecule has 0 aliphatic carbocycles. The first kappa shape index (κ1) is 32.9. The van der Waals surface area contributed by atoms with Gasteiger partial charge in [0, 0.05) is 77.1 Å². The van der Waals surface area contributed by atoms with E-state index >= 15 is 0 Å². The molecule has 11 nitrogen and oxygen atoms in total. The van der Waals surface area contributed by atoms with Crippen molar-refractivity contribution in [3.63, 3.8) is 0 Å². The summed E-state index contributed by atoms with van der Waals surface area (Å²) in [5, 5.41) is 13.2. The van der Waals surface area contributed by atoms with Crippen molar-refractivity contribution in [2.24, 2.45) is 10.2 Å². The van der Waals surface area contributed by atoms with Crippen LogP contribution in [0.5, 0.6) is 6.01 Å². The zero-order chi connectivity index (χ0) is 27.3. The molecule has 0 bridgehead atoms. The predicted octanol–water partition coefficient (Wildman–Crippen LogP) is 5.40. The molecule has 0 spiro atoms. The van der Waals surface area contributed by atoms with Crippen LogP contribution < -0.4 is 15.0 Å². The summed E-state index contributed by atoms with van der Waals surface area (Å²) in [5.41, 5.74) is 2.94. The van der Waals surface area contributed by atoms with Gasteiger partial charge < -0.3 is 34.4 Å². The zero-order valence-electron chi connectivity index (χ0n) is 22.1. The standard InChI is InChI=1S/C23H24ClN8O3S.CH3B.Y/c1-33-10-8-32(9-11-34-2)16-5-7-17(19(13-16)27-21-25-14-26-22(29-21)35-3)30-31-23-28-18-6-4-15(24)12-20(18)36-23;1-2;/h4-7,12-13H,8-11H2,1-3H3,(H,25,26,27,29);1H3;/q-1;;. The van der Waals surface area contributed by atoms with Crippen molar-refractivity contribution in [2.45, 2.75) is 6.82 Å². The molecule has 39 heavy (non-hydrogen) atoms. The maximum absolute atomic E-state index is 6.09. The first-order chi connectivity index (χ1) is 18.6. The number of methoxy groups -OCH3 is 3. The zero-order valence-corrected chi connectivity index (χ0v) is 26.5. The van der Waals surface area contributed by atoms with Crippen LogP contribution in [0.3, 0.4) is 0 Å². The second-order valence-electron chi connectivity index (χ2n) is 7.35. The molecule has 0 saturated heterocycles. The number of aromatic nitrogens is 4. The van der Waals surface area contributed by atoms with Gasteiger partial charge in [-0.05, 0) is 36.4 Å². The summed E-state index contributed by atoms with van der Waals surface area (Å²) in [6.07, 6.45) is 2.52. The predicted molar refractivity (Wildman–Crippen MR) is 151 cm³/mol. The molecule has 4 rings (SSSR count). The van der Waals surface area contributed by atoms with Gasteiger partial charge in [-0.1, -0.05) is 29.8 Å². The Bertz CT molecular complexity index is 1340. The van der Waals surface area contributed by atoms with Crippen LogP contribution >= 0.6 is 22.9 Å². The average Bonchev–Trinajstić information content (AvgIpc) is 3.35. The first-order valence-electron chi connectivity index (χ1n) is 11.4. The molecule has 4 aromatic rings. The van der Waals surface area contributed by atoms with Gasteiger partial charge in [0.1, 0.15) is 11.6 Å². The number of nitrogens with one attached hydrogen (secondary N) is 1. The fourth-order valence-electron chi connectivity index (χ4n) is 3.23. The van der Waals surface area contributed by atoms with Crippen LogP contribution in [-0.4, -0.2) is 75.4 Å². The third kappa shape index (κ3) is 9.70. The van der Waals surface area contributed by atoms with E-state index in [-0.39, 0.29) is 44.7 Å². The van der Waals surface area contributed by atoms with Crippen LogP contribution in [0.15, 0.2) is 46.6 Å². The minimum atomic E-state index is 0. The molecule has 3 radical (unpaired) electrons. The SMILES string of the molecule is COCCN(CCOC)c1ccc(N=Nc2nc3ccc(Cl)cc3s2)c(Nc2n[c-]nc(OC)n2)c1.[B]C.[Y]. The van der Waals surface area contributed by atoms with Gasteiger partial charge in [-0.25, -0.2) is 4.98 Å². The molecule has 2 heterocycles. The van der Waals surface area contributed by atoms with E-state index in [4.69, 9.17) is 25.8 Å². The van der Waals surface area contributed by atoms with Crippen molar-refractivity contribution in [1.29, 1.82) is 0 Å². The Morgan fingerprint density at radius 1 is 1.00 bits per heavy atom. The van der Waals surface area contributed by atoms with Crippen molar-refractivity contribution in [3.05, 3.63) is 47.7 Å². The van der Waals surface area contributed by atoms with Crippen molar-refractivity contribution < 1.29 is 46.9 Å². The summed E-state index contributed by atoms with van der Waals surface area (Å²) in [6, 6.07) is 11.4. The molecule has 0 amide bonds. The minimum Gasteiger partial charge on any atom is -0.524 e. The largest absolute Gasteiger partial charge is 0.524 e. The van der Waals surface area contributed by atoms with E-state index in [1.807, 2.05) is 30.3 Å². The molecule has 201 valence electrons. The second-order valence-corrected chi connectivity index (χ2v) is 8.80. The van der Waals surface area contributed by atoms with E-state index in [9.17, 15) is 0 Å². The molecule has 2 aromatic heterocycles. The maximum atomic E-state index is 6.09. The molecule has 0 aliphatic rings. The molecule has 2 aromatic carbocycles. The number of hydrogen-bond donors (Lipinski definition) is 1. The number of ether oxygens (including phenoxy) is 3. The van der Waals surface area contributed by atoms with Gasteiger partial charge in [-0.15, -0.1) is 10.2 Å². The Morgan fingerprint density at radius 3 is 2.44 bits per heavy atom. The molecule has 0 aliphatic heterocycles. The second kappa shape index (κ2) is 17.4. The number of anilines is 3. The number of benzene rings is 2. The molecule has 15 heteroatoms. The van der Waals surface area contributed by atoms with Gasteiger partial charge >= 0.3 is 0 Å². The van der Waals surface area contributed by atoms with Gasteiger partial charge in [-0.3, -0.25) is 4.98 Å². The molecular formula is C24H27BClN8O3SY-. The van der Waals surface area contributed by atoms with E-state index < -0.39 is 0 Å². The van der Waals surface area contributed by atoms with Crippen molar-refractivity contribution in [2.75, 3.05) is 57.8 Å². The van der Waals surface area contributed by atoms with Crippen molar-refractivity contribution >= 4 is 69.1 Å². The third-order valence-corrected chi connectivity index (χ3v) is 6.13. The topological polar surface area (TPSA) is 119 Å². The maximum Gasteiger partial charge on any atom is 0.231 e. The monoisotopic (exact) mass is 642 g/mol. The van der Waals surface area contributed by atoms with Crippen molar-refractivity contribution in [1.82, 2.24) is 19.9 Å². The normalized spacial score (nSPS) is 10.6. The number of thiazole rings is 1. The van der Waals surface area contributed by atoms with E-state index in [1.165, 1.54) is 25.3 Å². The Hall–Kier alpha value is -2.28. The summed E-state index contributed by atoms with van der Waals surface area (Å²) in [4.78, 5) is 18.8. The van der Waals surface area contributed by atoms with E-state index in [1.54, 1.807) is 20.3 Å². The first-order valence-corrected chi connectivity index (χ1v) is 12.6. The van der Waals surface area contributed by atoms with Crippen LogP contribution in [0.1, 0.15) is 0 Å². The summed E-state index contributed by atoms with van der Waals surface area (Å²) in [7, 11) is 9.32. The molecule has 0 fully saturated rings. The molecule has 1 N–H and O–H groups in total. The summed E-state index contributed by atoms with van der Waals surface area (Å²) >= 11 is 7.50. The average molecular weight is 643 g/mol. The fraction of sp³-hybridized carbons (Fsp3) is 0.333. The van der Waals surface area contributed by atoms with Gasteiger partial charge in [0.2, 0.25) is 11.1 Å². The minimum absolute atomic E-state index is 0. The Balaban J connectivity index is 0.00000174. The summed E-state index contributed by atoms with van der Waals surface area (Å²) in [6.45, 7) is 3.99. The van der Waals surface area contributed by atoms with Gasteiger partial charge in [0.25, 0.3) is 0 Å². The Kier molecular flexibility index (Phi) is 14.7. The number of halogens is 1.